The fourth-order valence-corrected chi connectivity index (χ4v) is 2.08. The number of hydrogen-bond acceptors (Lipinski definition) is 5. The summed E-state index contributed by atoms with van der Waals surface area (Å²) >= 11 is 0. The van der Waals surface area contributed by atoms with Gasteiger partial charge in [0.2, 0.25) is 0 Å². The topological polar surface area (TPSA) is 73.5 Å². The summed E-state index contributed by atoms with van der Waals surface area (Å²) in [6.45, 7) is 2.42. The van der Waals surface area contributed by atoms with Gasteiger partial charge in [-0.15, -0.1) is 5.10 Å². The standard InChI is InChI=1S/C13H14FN7/c1-9-10(7-20(2)17-9)6-15-13-5-11(3-4-12(13)14)21-8-16-18-19-21/h3-5,7-8,15H,6H2,1-2H3. The van der Waals surface area contributed by atoms with Crippen LogP contribution in [-0.4, -0.2) is 30.0 Å². The summed E-state index contributed by atoms with van der Waals surface area (Å²) in [7, 11) is 1.86. The summed E-state index contributed by atoms with van der Waals surface area (Å²) in [6.07, 6.45) is 3.37. The van der Waals surface area contributed by atoms with Gasteiger partial charge in [0.15, 0.2) is 0 Å². The minimum Gasteiger partial charge on any atom is -0.378 e. The Kier molecular flexibility index (Phi) is 3.35. The fourth-order valence-electron chi connectivity index (χ4n) is 2.08. The molecule has 0 spiro atoms. The maximum atomic E-state index is 13.9. The molecule has 0 saturated carbocycles. The van der Waals surface area contributed by atoms with Crippen molar-refractivity contribution in [2.24, 2.45) is 7.05 Å². The number of nitrogens with zero attached hydrogens (tertiary/aromatic N) is 6. The molecule has 21 heavy (non-hydrogen) atoms. The lowest BCUT2D eigenvalue weighted by atomic mass is 10.2. The number of tetrazole rings is 1. The van der Waals surface area contributed by atoms with E-state index in [-0.39, 0.29) is 5.82 Å². The number of nitrogens with one attached hydrogen (secondary N) is 1. The molecule has 0 atom stereocenters. The van der Waals surface area contributed by atoms with Crippen LogP contribution in [0.4, 0.5) is 10.1 Å². The Bertz CT molecular complexity index is 748. The Morgan fingerprint density at radius 2 is 2.19 bits per heavy atom. The summed E-state index contributed by atoms with van der Waals surface area (Å²) in [6, 6.07) is 4.67. The zero-order valence-corrected chi connectivity index (χ0v) is 11.7. The molecule has 0 radical (unpaired) electrons. The molecule has 0 amide bonds. The van der Waals surface area contributed by atoms with Crippen molar-refractivity contribution in [1.29, 1.82) is 0 Å². The molecule has 1 N–H and O–H groups in total. The Morgan fingerprint density at radius 1 is 1.33 bits per heavy atom. The van der Waals surface area contributed by atoms with Crippen molar-refractivity contribution in [1.82, 2.24) is 30.0 Å². The number of benzene rings is 1. The Labute approximate surface area is 120 Å². The van der Waals surface area contributed by atoms with E-state index in [1.165, 1.54) is 17.1 Å². The average molecular weight is 287 g/mol. The lowest BCUT2D eigenvalue weighted by Gasteiger charge is -2.09. The van der Waals surface area contributed by atoms with Crippen molar-refractivity contribution in [3.8, 4) is 5.69 Å². The molecule has 0 unspecified atom stereocenters. The van der Waals surface area contributed by atoms with Crippen LogP contribution in [0.1, 0.15) is 11.3 Å². The number of halogens is 1. The molecular weight excluding hydrogens is 273 g/mol. The SMILES string of the molecule is Cc1nn(C)cc1CNc1cc(-n2cnnn2)ccc1F. The minimum absolute atomic E-state index is 0.326. The molecule has 2 aromatic heterocycles. The van der Waals surface area contributed by atoms with Gasteiger partial charge in [0, 0.05) is 25.4 Å². The quantitative estimate of drug-likeness (QED) is 0.786. The third-order valence-corrected chi connectivity index (χ3v) is 3.15. The minimum atomic E-state index is -0.326. The lowest BCUT2D eigenvalue weighted by Crippen LogP contribution is -2.04. The third-order valence-electron chi connectivity index (χ3n) is 3.15. The third kappa shape index (κ3) is 2.73. The monoisotopic (exact) mass is 287 g/mol. The first-order valence-electron chi connectivity index (χ1n) is 6.39. The molecule has 0 fully saturated rings. The highest BCUT2D eigenvalue weighted by atomic mass is 19.1. The van der Waals surface area contributed by atoms with Crippen LogP contribution in [0, 0.1) is 12.7 Å². The highest BCUT2D eigenvalue weighted by Gasteiger charge is 2.08. The van der Waals surface area contributed by atoms with Crippen LogP contribution in [0.25, 0.3) is 5.69 Å². The first kappa shape index (κ1) is 13.2. The predicted octanol–water partition coefficient (Wildman–Crippen LogP) is 1.46. The molecule has 7 nitrogen and oxygen atoms in total. The van der Waals surface area contributed by atoms with Crippen LogP contribution in [0.15, 0.2) is 30.7 Å². The van der Waals surface area contributed by atoms with Crippen LogP contribution in [0.2, 0.25) is 0 Å². The predicted molar refractivity (Wildman–Crippen MR) is 74.4 cm³/mol. The second kappa shape index (κ2) is 5.31. The van der Waals surface area contributed by atoms with Crippen molar-refractivity contribution in [2.45, 2.75) is 13.5 Å². The Hall–Kier alpha value is -2.77. The second-order valence-electron chi connectivity index (χ2n) is 4.69. The Balaban J connectivity index is 1.82. The summed E-state index contributed by atoms with van der Waals surface area (Å²) in [5.41, 5.74) is 3.02. The van der Waals surface area contributed by atoms with Gasteiger partial charge in [-0.25, -0.2) is 9.07 Å². The van der Waals surface area contributed by atoms with Crippen molar-refractivity contribution >= 4 is 5.69 Å². The Morgan fingerprint density at radius 3 is 2.86 bits per heavy atom. The first-order valence-corrected chi connectivity index (χ1v) is 6.39. The van der Waals surface area contributed by atoms with Gasteiger partial charge in [0.05, 0.1) is 17.1 Å². The molecule has 0 saturated heterocycles. The first-order chi connectivity index (χ1) is 10.1. The lowest BCUT2D eigenvalue weighted by molar-refractivity contribution is 0.629. The zero-order valence-electron chi connectivity index (χ0n) is 11.7. The van der Waals surface area contributed by atoms with E-state index >= 15 is 0 Å². The van der Waals surface area contributed by atoms with Gasteiger partial charge in [-0.1, -0.05) is 0 Å². The molecule has 108 valence electrons. The molecule has 2 heterocycles. The van der Waals surface area contributed by atoms with Gasteiger partial charge >= 0.3 is 0 Å². The van der Waals surface area contributed by atoms with Crippen LogP contribution in [0.3, 0.4) is 0 Å². The maximum absolute atomic E-state index is 13.9. The van der Waals surface area contributed by atoms with Gasteiger partial charge in [0.1, 0.15) is 12.1 Å². The molecule has 1 aromatic carbocycles. The average Bonchev–Trinajstić information content (AvgIpc) is 3.08. The fraction of sp³-hybridized carbons (Fsp3) is 0.231. The van der Waals surface area contributed by atoms with Gasteiger partial charge in [-0.2, -0.15) is 5.10 Å². The summed E-state index contributed by atoms with van der Waals surface area (Å²) < 4.78 is 17.1. The molecule has 3 rings (SSSR count). The largest absolute Gasteiger partial charge is 0.378 e. The summed E-state index contributed by atoms with van der Waals surface area (Å²) in [4.78, 5) is 0. The van der Waals surface area contributed by atoms with E-state index in [2.05, 4.69) is 25.9 Å². The highest BCUT2D eigenvalue weighted by molar-refractivity contribution is 5.52. The van der Waals surface area contributed by atoms with Gasteiger partial charge < -0.3 is 5.32 Å². The molecule has 0 aliphatic rings. The van der Waals surface area contributed by atoms with E-state index in [1.54, 1.807) is 16.8 Å². The van der Waals surface area contributed by atoms with Gasteiger partial charge in [-0.05, 0) is 35.5 Å². The van der Waals surface area contributed by atoms with Crippen LogP contribution < -0.4 is 5.32 Å². The van der Waals surface area contributed by atoms with E-state index in [1.807, 2.05) is 20.2 Å². The van der Waals surface area contributed by atoms with Crippen molar-refractivity contribution in [2.75, 3.05) is 5.32 Å². The molecule has 0 aliphatic carbocycles. The van der Waals surface area contributed by atoms with Crippen LogP contribution in [-0.2, 0) is 13.6 Å². The van der Waals surface area contributed by atoms with Crippen LogP contribution in [0.5, 0.6) is 0 Å². The number of aromatic nitrogens is 6. The molecule has 0 bridgehead atoms. The van der Waals surface area contributed by atoms with E-state index in [0.717, 1.165) is 11.3 Å². The van der Waals surface area contributed by atoms with Crippen molar-refractivity contribution < 1.29 is 4.39 Å². The normalized spacial score (nSPS) is 10.8. The van der Waals surface area contributed by atoms with E-state index in [0.29, 0.717) is 17.9 Å². The molecular formula is C13H14FN7. The summed E-state index contributed by atoms with van der Waals surface area (Å²) in [5.74, 6) is -0.326. The van der Waals surface area contributed by atoms with E-state index < -0.39 is 0 Å². The number of rotatable bonds is 4. The van der Waals surface area contributed by atoms with Gasteiger partial charge in [-0.3, -0.25) is 4.68 Å². The van der Waals surface area contributed by atoms with Crippen LogP contribution >= 0.6 is 0 Å². The van der Waals surface area contributed by atoms with Crippen molar-refractivity contribution in [3.05, 3.63) is 47.8 Å². The zero-order chi connectivity index (χ0) is 14.8. The molecule has 3 aromatic rings. The molecule has 8 heteroatoms. The number of aryl methyl sites for hydroxylation is 2. The smallest absolute Gasteiger partial charge is 0.146 e. The number of anilines is 1. The molecule has 0 aliphatic heterocycles. The second-order valence-corrected chi connectivity index (χ2v) is 4.69. The highest BCUT2D eigenvalue weighted by Crippen LogP contribution is 2.19. The van der Waals surface area contributed by atoms with Crippen molar-refractivity contribution in [3.63, 3.8) is 0 Å². The summed E-state index contributed by atoms with van der Waals surface area (Å²) in [5, 5.41) is 18.2. The maximum Gasteiger partial charge on any atom is 0.146 e. The number of hydrogen-bond donors (Lipinski definition) is 1. The van der Waals surface area contributed by atoms with Gasteiger partial charge in [0.25, 0.3) is 0 Å². The van der Waals surface area contributed by atoms with E-state index in [9.17, 15) is 4.39 Å². The van der Waals surface area contributed by atoms with E-state index in [4.69, 9.17) is 0 Å².